The van der Waals surface area contributed by atoms with Gasteiger partial charge in [0.2, 0.25) is 0 Å². The van der Waals surface area contributed by atoms with Gasteiger partial charge in [-0.2, -0.15) is 0 Å². The molecule has 81 heavy (non-hydrogen) atoms. The largest absolute Gasteiger partial charge is 0.477 e. The van der Waals surface area contributed by atoms with Gasteiger partial charge in [-0.1, -0.05) is 286 Å². The maximum atomic E-state index is 12.9. The molecule has 0 radical (unpaired) electrons. The highest BCUT2D eigenvalue weighted by Crippen LogP contribution is 2.18. The summed E-state index contributed by atoms with van der Waals surface area (Å²) in [4.78, 5) is 37.6. The number of nitrogens with zero attached hydrogens (tertiary/aromatic N) is 1. The molecule has 0 bridgehead atoms. The van der Waals surface area contributed by atoms with Crippen LogP contribution < -0.4 is 0 Å². The van der Waals surface area contributed by atoms with Gasteiger partial charge in [0.1, 0.15) is 13.2 Å². The van der Waals surface area contributed by atoms with Crippen molar-refractivity contribution in [1.82, 2.24) is 0 Å². The number of quaternary nitrogens is 1. The summed E-state index contributed by atoms with van der Waals surface area (Å²) in [5.41, 5.74) is 0. The van der Waals surface area contributed by atoms with E-state index in [0.717, 1.165) is 70.6 Å². The molecule has 1 N–H and O–H groups in total. The van der Waals surface area contributed by atoms with E-state index >= 15 is 0 Å². The number of hydrogen-bond donors (Lipinski definition) is 1. The van der Waals surface area contributed by atoms with Gasteiger partial charge in [0, 0.05) is 12.8 Å². The lowest BCUT2D eigenvalue weighted by Gasteiger charge is -2.25. The van der Waals surface area contributed by atoms with Crippen LogP contribution in [0.4, 0.5) is 0 Å². The first-order valence-corrected chi connectivity index (χ1v) is 34.1. The average molecular weight is 1140 g/mol. The van der Waals surface area contributed by atoms with Gasteiger partial charge >= 0.3 is 17.9 Å². The molecule has 0 aromatic rings. The van der Waals surface area contributed by atoms with Gasteiger partial charge in [-0.15, -0.1) is 0 Å². The Morgan fingerprint density at radius 1 is 0.383 bits per heavy atom. The quantitative estimate of drug-likeness (QED) is 0.0211. The molecule has 9 nitrogen and oxygen atoms in total. The predicted octanol–water partition coefficient (Wildman–Crippen LogP) is 20.9. The maximum Gasteiger partial charge on any atom is 0.361 e. The number of allylic oxidation sites excluding steroid dienone is 12. The molecule has 0 aromatic heterocycles. The Hall–Kier alpha value is -3.27. The standard InChI is InChI=1S/C72H129NO8/c1-6-8-10-12-14-16-18-20-22-24-26-28-30-32-34-35-37-38-40-42-44-46-48-50-52-54-56-58-60-62-69(74)79-66-68(67-80-72(71(76)77)78-65-64-73(3,4)5)81-70(75)63-61-59-57-55-53-51-49-47-45-43-41-39-36-33-31-29-27-25-23-21-19-17-15-13-11-9-7-2/h9,11,15,17,21,23-24,26-27,29,33,36,68,72H,6-8,10,12-14,16,18-20,22,25,28,30-32,34-35,37-67H2,1-5H3/p+1/b11-9-,17-15-,23-21-,26-24-,29-27-,36-33-. The summed E-state index contributed by atoms with van der Waals surface area (Å²) in [7, 11) is 5.98. The van der Waals surface area contributed by atoms with Crippen molar-refractivity contribution in [3.8, 4) is 0 Å². The monoisotopic (exact) mass is 1140 g/mol. The van der Waals surface area contributed by atoms with Crippen LogP contribution in [-0.4, -0.2) is 87.4 Å². The van der Waals surface area contributed by atoms with Crippen LogP contribution in [0.3, 0.4) is 0 Å². The first-order chi connectivity index (χ1) is 39.6. The maximum absolute atomic E-state index is 12.9. The number of aliphatic carboxylic acids is 1. The van der Waals surface area contributed by atoms with Crippen LogP contribution in [0.5, 0.6) is 0 Å². The van der Waals surface area contributed by atoms with Crippen molar-refractivity contribution in [1.29, 1.82) is 0 Å². The van der Waals surface area contributed by atoms with E-state index in [1.54, 1.807) is 0 Å². The Morgan fingerprint density at radius 2 is 0.704 bits per heavy atom. The zero-order valence-corrected chi connectivity index (χ0v) is 53.7. The second kappa shape index (κ2) is 62.8. The van der Waals surface area contributed by atoms with E-state index in [1.807, 2.05) is 21.1 Å². The molecule has 2 atom stereocenters. The SMILES string of the molecule is CC/C=C\C/C=C\C/C=C\C/C=C\C/C=C\CCCCCCCCCCCCCC(=O)OC(COC(=O)CCCCCCCCCCCCCCCCCCC/C=C\CCCCCCCCCC)COC(OCC[N+](C)(C)C)C(=O)O. The van der Waals surface area contributed by atoms with Crippen LogP contribution in [0.25, 0.3) is 0 Å². The van der Waals surface area contributed by atoms with Gasteiger partial charge in [0.15, 0.2) is 6.10 Å². The smallest absolute Gasteiger partial charge is 0.361 e. The number of esters is 2. The zero-order valence-electron chi connectivity index (χ0n) is 53.7. The molecule has 0 aliphatic carbocycles. The molecule has 9 heteroatoms. The second-order valence-corrected chi connectivity index (χ2v) is 24.1. The molecule has 0 saturated carbocycles. The van der Waals surface area contributed by atoms with Gasteiger partial charge in [-0.25, -0.2) is 4.79 Å². The predicted molar refractivity (Wildman–Crippen MR) is 346 cm³/mol. The minimum Gasteiger partial charge on any atom is -0.477 e. The van der Waals surface area contributed by atoms with E-state index in [1.165, 1.54) is 205 Å². The third kappa shape index (κ3) is 64.1. The molecule has 0 aliphatic rings. The molecule has 0 aliphatic heterocycles. The fraction of sp³-hybridized carbons (Fsp3) is 0.792. The Labute approximate surface area is 500 Å². The molecule has 0 heterocycles. The number of likely N-dealkylation sites (N-methyl/N-ethyl adjacent to an activating group) is 1. The number of unbranched alkanes of at least 4 members (excludes halogenated alkanes) is 36. The van der Waals surface area contributed by atoms with E-state index in [2.05, 4.69) is 86.8 Å². The number of carbonyl (C=O) groups excluding carboxylic acids is 2. The molecule has 0 rings (SSSR count). The molecule has 0 saturated heterocycles. The van der Waals surface area contributed by atoms with E-state index < -0.39 is 24.3 Å². The molecular formula is C72H130NO8+. The zero-order chi connectivity index (χ0) is 59.1. The van der Waals surface area contributed by atoms with Crippen molar-refractivity contribution >= 4 is 17.9 Å². The van der Waals surface area contributed by atoms with Gasteiger partial charge in [0.05, 0.1) is 34.4 Å². The number of carboxylic acids is 1. The summed E-state index contributed by atoms with van der Waals surface area (Å²) in [6.07, 6.45) is 80.1. The number of carbonyl (C=O) groups is 3. The Morgan fingerprint density at radius 3 is 1.06 bits per heavy atom. The first kappa shape index (κ1) is 77.7. The highest BCUT2D eigenvalue weighted by molar-refractivity contribution is 5.71. The van der Waals surface area contributed by atoms with Crippen molar-refractivity contribution < 1.29 is 42.9 Å². The van der Waals surface area contributed by atoms with Crippen molar-refractivity contribution in [3.05, 3.63) is 72.9 Å². The number of rotatable bonds is 63. The van der Waals surface area contributed by atoms with E-state index in [-0.39, 0.29) is 32.2 Å². The summed E-state index contributed by atoms with van der Waals surface area (Å²) < 4.78 is 23.0. The Bertz CT molecular complexity index is 1560. The second-order valence-electron chi connectivity index (χ2n) is 24.1. The van der Waals surface area contributed by atoms with Crippen molar-refractivity contribution in [3.63, 3.8) is 0 Å². The molecule has 2 unspecified atom stereocenters. The third-order valence-corrected chi connectivity index (χ3v) is 14.9. The van der Waals surface area contributed by atoms with Crippen LogP contribution >= 0.6 is 0 Å². The molecule has 470 valence electrons. The van der Waals surface area contributed by atoms with Crippen LogP contribution in [0.2, 0.25) is 0 Å². The highest BCUT2D eigenvalue weighted by atomic mass is 16.7. The number of carboxylic acid groups (broad SMARTS) is 1. The minimum absolute atomic E-state index is 0.183. The minimum atomic E-state index is -1.51. The van der Waals surface area contributed by atoms with Gasteiger partial charge in [-0.3, -0.25) is 9.59 Å². The van der Waals surface area contributed by atoms with Crippen molar-refractivity contribution in [2.24, 2.45) is 0 Å². The van der Waals surface area contributed by atoms with Crippen LogP contribution in [0.15, 0.2) is 72.9 Å². The van der Waals surface area contributed by atoms with E-state index in [0.29, 0.717) is 23.9 Å². The average Bonchev–Trinajstić information content (AvgIpc) is 3.44. The summed E-state index contributed by atoms with van der Waals surface area (Å²) >= 11 is 0. The molecule has 0 amide bonds. The van der Waals surface area contributed by atoms with E-state index in [9.17, 15) is 19.5 Å². The lowest BCUT2D eigenvalue weighted by molar-refractivity contribution is -0.870. The topological polar surface area (TPSA) is 108 Å². The fourth-order valence-electron chi connectivity index (χ4n) is 9.74. The highest BCUT2D eigenvalue weighted by Gasteiger charge is 2.25. The molecule has 0 fully saturated rings. The normalized spacial score (nSPS) is 13.1. The Balaban J connectivity index is 4.12. The summed E-state index contributed by atoms with van der Waals surface area (Å²) in [6, 6.07) is 0. The van der Waals surface area contributed by atoms with Crippen LogP contribution in [-0.2, 0) is 33.3 Å². The van der Waals surface area contributed by atoms with Gasteiger partial charge in [-0.05, 0) is 83.5 Å². The summed E-state index contributed by atoms with van der Waals surface area (Å²) in [5.74, 6) is -2.00. The van der Waals surface area contributed by atoms with Gasteiger partial charge < -0.3 is 28.5 Å². The molecular weight excluding hydrogens is 1010 g/mol. The lowest BCUT2D eigenvalue weighted by atomic mass is 10.0. The van der Waals surface area contributed by atoms with Crippen LogP contribution in [0, 0.1) is 0 Å². The summed E-state index contributed by atoms with van der Waals surface area (Å²) in [5, 5.41) is 9.74. The fourth-order valence-corrected chi connectivity index (χ4v) is 9.74. The Kier molecular flexibility index (Phi) is 60.2. The molecule has 0 aromatic carbocycles. The first-order valence-electron chi connectivity index (χ1n) is 34.1. The van der Waals surface area contributed by atoms with Gasteiger partial charge in [0.25, 0.3) is 6.29 Å². The summed E-state index contributed by atoms with van der Waals surface area (Å²) in [6.45, 7) is 4.80. The number of hydrogen-bond acceptors (Lipinski definition) is 7. The molecule has 0 spiro atoms. The number of ether oxygens (including phenoxy) is 4. The van der Waals surface area contributed by atoms with Crippen molar-refractivity contribution in [2.45, 2.75) is 322 Å². The van der Waals surface area contributed by atoms with Crippen molar-refractivity contribution in [2.75, 3.05) is 47.5 Å². The third-order valence-electron chi connectivity index (χ3n) is 14.9. The lowest BCUT2D eigenvalue weighted by Crippen LogP contribution is -2.40. The van der Waals surface area contributed by atoms with E-state index in [4.69, 9.17) is 18.9 Å². The van der Waals surface area contributed by atoms with Crippen LogP contribution in [0.1, 0.15) is 309 Å².